The van der Waals surface area contributed by atoms with Gasteiger partial charge in [0.1, 0.15) is 10.6 Å². The number of nitrogens with zero attached hydrogens (tertiary/aromatic N) is 3. The molecule has 9 heteroatoms. The Morgan fingerprint density at radius 3 is 2.37 bits per heavy atom. The quantitative estimate of drug-likeness (QED) is 0.754. The van der Waals surface area contributed by atoms with Crippen LogP contribution in [-0.2, 0) is 20.7 Å². The molecule has 6 nitrogen and oxygen atoms in total. The van der Waals surface area contributed by atoms with E-state index in [2.05, 4.69) is 16.8 Å². The predicted octanol–water partition coefficient (Wildman–Crippen LogP) is 1.84. The van der Waals surface area contributed by atoms with Gasteiger partial charge in [0, 0.05) is 50.5 Å². The lowest BCUT2D eigenvalue weighted by atomic mass is 9.73. The summed E-state index contributed by atoms with van der Waals surface area (Å²) in [6.45, 7) is 8.79. The van der Waals surface area contributed by atoms with Gasteiger partial charge in [0.2, 0.25) is 10.0 Å². The van der Waals surface area contributed by atoms with Crippen molar-refractivity contribution in [1.29, 1.82) is 0 Å². The highest BCUT2D eigenvalue weighted by atomic mass is 32.2. The van der Waals surface area contributed by atoms with Gasteiger partial charge in [-0.1, -0.05) is 0 Å². The van der Waals surface area contributed by atoms with Crippen LogP contribution < -0.4 is 0 Å². The van der Waals surface area contributed by atoms with Gasteiger partial charge in [-0.05, 0) is 26.0 Å². The lowest BCUT2D eigenvalue weighted by Crippen LogP contribution is -2.74. The molecule has 0 unspecified atom stereocenters. The Kier molecular flexibility index (Phi) is 4.38. The van der Waals surface area contributed by atoms with Crippen molar-refractivity contribution in [3.63, 3.8) is 0 Å². The number of likely N-dealkylation sites (tertiary alicyclic amines) is 1. The van der Waals surface area contributed by atoms with Gasteiger partial charge in [-0.25, -0.2) is 8.42 Å². The minimum absolute atomic E-state index is 0.0153. The number of pyridine rings is 1. The van der Waals surface area contributed by atoms with Crippen molar-refractivity contribution in [2.45, 2.75) is 37.6 Å². The summed E-state index contributed by atoms with van der Waals surface area (Å²) in [5.74, 6) is -2.52. The third kappa shape index (κ3) is 3.18. The van der Waals surface area contributed by atoms with E-state index in [-0.39, 0.29) is 16.0 Å². The number of rotatable bonds is 5. The van der Waals surface area contributed by atoms with Crippen molar-refractivity contribution in [1.82, 2.24) is 14.2 Å². The van der Waals surface area contributed by atoms with Gasteiger partial charge in [-0.2, -0.15) is 13.1 Å². The molecule has 1 atom stereocenters. The van der Waals surface area contributed by atoms with Gasteiger partial charge < -0.3 is 4.74 Å². The number of aromatic nitrogens is 1. The Balaban J connectivity index is 1.40. The Labute approximate surface area is 158 Å². The fourth-order valence-electron chi connectivity index (χ4n) is 4.21. The molecular formula is C18H25F2N3O3S. The van der Waals surface area contributed by atoms with Crippen molar-refractivity contribution in [2.75, 3.05) is 39.4 Å². The average molecular weight is 401 g/mol. The molecule has 3 aliphatic rings. The van der Waals surface area contributed by atoms with Crippen molar-refractivity contribution in [2.24, 2.45) is 11.3 Å². The topological polar surface area (TPSA) is 62.7 Å². The third-order valence-corrected chi connectivity index (χ3v) is 8.05. The van der Waals surface area contributed by atoms with E-state index in [1.54, 1.807) is 0 Å². The summed E-state index contributed by atoms with van der Waals surface area (Å²) in [5, 5.41) is 0. The number of alkyl halides is 2. The molecule has 0 radical (unpaired) electrons. The second-order valence-corrected chi connectivity index (χ2v) is 10.3. The first-order valence-corrected chi connectivity index (χ1v) is 10.6. The van der Waals surface area contributed by atoms with Gasteiger partial charge >= 0.3 is 0 Å². The van der Waals surface area contributed by atoms with Gasteiger partial charge in [0.15, 0.2) is 0 Å². The van der Waals surface area contributed by atoms with Gasteiger partial charge in [-0.15, -0.1) is 0 Å². The molecule has 0 aromatic carbocycles. The Hall–Kier alpha value is -1.16. The molecule has 4 heterocycles. The Bertz CT molecular complexity index is 838. The molecule has 1 spiro atoms. The Morgan fingerprint density at radius 2 is 1.89 bits per heavy atom. The predicted molar refractivity (Wildman–Crippen MR) is 95.1 cm³/mol. The van der Waals surface area contributed by atoms with Gasteiger partial charge in [-0.3, -0.25) is 9.88 Å². The summed E-state index contributed by atoms with van der Waals surface area (Å²) in [6, 6.07) is 2.81. The van der Waals surface area contributed by atoms with Crippen LogP contribution in [0, 0.1) is 18.3 Å². The van der Waals surface area contributed by atoms with Crippen molar-refractivity contribution >= 4 is 10.0 Å². The van der Waals surface area contributed by atoms with E-state index in [4.69, 9.17) is 4.74 Å². The monoisotopic (exact) mass is 401 g/mol. The molecule has 3 fully saturated rings. The minimum atomic E-state index is -3.70. The first-order chi connectivity index (χ1) is 12.5. The number of aryl methyl sites for hydroxylation is 1. The maximum absolute atomic E-state index is 13.4. The summed E-state index contributed by atoms with van der Waals surface area (Å²) < 4.78 is 59.2. The lowest BCUT2D eigenvalue weighted by molar-refractivity contribution is -0.141. The molecule has 0 bridgehead atoms. The number of sulfonamides is 1. The third-order valence-electron chi connectivity index (χ3n) is 6.13. The van der Waals surface area contributed by atoms with E-state index >= 15 is 0 Å². The van der Waals surface area contributed by atoms with Crippen LogP contribution in [0.2, 0.25) is 0 Å². The van der Waals surface area contributed by atoms with Crippen molar-refractivity contribution < 1.29 is 21.9 Å². The van der Waals surface area contributed by atoms with Gasteiger partial charge in [0.05, 0.1) is 18.9 Å². The van der Waals surface area contributed by atoms with Crippen molar-refractivity contribution in [3.05, 3.63) is 23.5 Å². The fourth-order valence-corrected chi connectivity index (χ4v) is 6.04. The second kappa shape index (κ2) is 6.17. The zero-order chi connectivity index (χ0) is 19.6. The Morgan fingerprint density at radius 1 is 1.26 bits per heavy atom. The van der Waals surface area contributed by atoms with Crippen LogP contribution in [0.25, 0.3) is 0 Å². The zero-order valence-corrected chi connectivity index (χ0v) is 16.6. The molecule has 0 N–H and O–H groups in total. The molecule has 3 aliphatic heterocycles. The SMILES string of the molecule is Cc1nc(C(C)(F)F)ccc1S(=O)(=O)N1CC2(CN([C@@H](C)C3COC3)C2)C1. The smallest absolute Gasteiger partial charge is 0.286 e. The van der Waals surface area contributed by atoms with Crippen LogP contribution >= 0.6 is 0 Å². The molecule has 0 saturated carbocycles. The van der Waals surface area contributed by atoms with Crippen LogP contribution in [0.3, 0.4) is 0 Å². The minimum Gasteiger partial charge on any atom is -0.381 e. The molecule has 4 rings (SSSR count). The van der Waals surface area contributed by atoms with Crippen LogP contribution in [0.1, 0.15) is 25.2 Å². The van der Waals surface area contributed by atoms with Crippen LogP contribution in [0.15, 0.2) is 17.0 Å². The molecular weight excluding hydrogens is 376 g/mol. The highest BCUT2D eigenvalue weighted by Crippen LogP contribution is 2.44. The number of hydrogen-bond acceptors (Lipinski definition) is 5. The molecule has 150 valence electrons. The van der Waals surface area contributed by atoms with E-state index < -0.39 is 21.6 Å². The maximum atomic E-state index is 13.4. The van der Waals surface area contributed by atoms with E-state index in [1.807, 2.05) is 0 Å². The summed E-state index contributed by atoms with van der Waals surface area (Å²) in [7, 11) is -3.70. The average Bonchev–Trinajstić information content (AvgIpc) is 2.40. The van der Waals surface area contributed by atoms with E-state index in [0.717, 1.165) is 39.3 Å². The molecule has 1 aromatic rings. The highest BCUT2D eigenvalue weighted by molar-refractivity contribution is 7.89. The van der Waals surface area contributed by atoms with Crippen LogP contribution in [0.4, 0.5) is 8.78 Å². The first kappa shape index (κ1) is 19.2. The van der Waals surface area contributed by atoms with Crippen LogP contribution in [-0.4, -0.2) is 68.0 Å². The fraction of sp³-hybridized carbons (Fsp3) is 0.722. The maximum Gasteiger partial charge on any atom is 0.286 e. The number of halogens is 2. The van der Waals surface area contributed by atoms with Gasteiger partial charge in [0.25, 0.3) is 5.92 Å². The molecule has 0 aliphatic carbocycles. The largest absolute Gasteiger partial charge is 0.381 e. The summed E-state index contributed by atoms with van der Waals surface area (Å²) >= 11 is 0. The molecule has 27 heavy (non-hydrogen) atoms. The summed E-state index contributed by atoms with van der Waals surface area (Å²) in [5.41, 5.74) is -0.268. The lowest BCUT2D eigenvalue weighted by Gasteiger charge is -2.62. The highest BCUT2D eigenvalue weighted by Gasteiger charge is 2.56. The van der Waals surface area contributed by atoms with Crippen molar-refractivity contribution in [3.8, 4) is 0 Å². The standard InChI is InChI=1S/C18H25F2N3O3S/c1-12-15(4-5-16(21-12)17(3,19)20)27(24,25)23-10-18(11-23)8-22(9-18)13(2)14-6-26-7-14/h4-5,13-14H,6-11H2,1-3H3/t13-/m0/s1. The van der Waals surface area contributed by atoms with E-state index in [1.165, 1.54) is 17.3 Å². The normalized spacial score (nSPS) is 24.9. The zero-order valence-electron chi connectivity index (χ0n) is 15.8. The summed E-state index contributed by atoms with van der Waals surface area (Å²) in [4.78, 5) is 6.22. The van der Waals surface area contributed by atoms with Crippen LogP contribution in [0.5, 0.6) is 0 Å². The molecule has 3 saturated heterocycles. The first-order valence-electron chi connectivity index (χ1n) is 9.20. The number of hydrogen-bond donors (Lipinski definition) is 0. The molecule has 1 aromatic heterocycles. The van der Waals surface area contributed by atoms with E-state index in [9.17, 15) is 17.2 Å². The number of ether oxygens (including phenoxy) is 1. The second-order valence-electron chi connectivity index (χ2n) is 8.38. The molecule has 0 amide bonds. The summed E-state index contributed by atoms with van der Waals surface area (Å²) in [6.07, 6.45) is 0. The van der Waals surface area contributed by atoms with E-state index in [0.29, 0.717) is 25.0 Å².